The van der Waals surface area contributed by atoms with Gasteiger partial charge in [-0.15, -0.1) is 0 Å². The molecule has 3 nitrogen and oxygen atoms in total. The molecule has 0 radical (unpaired) electrons. The van der Waals surface area contributed by atoms with Gasteiger partial charge in [-0.05, 0) is 49.4 Å². The van der Waals surface area contributed by atoms with Gasteiger partial charge in [-0.1, -0.05) is 27.1 Å². The summed E-state index contributed by atoms with van der Waals surface area (Å²) in [5.74, 6) is -0.599. The van der Waals surface area contributed by atoms with Crippen molar-refractivity contribution in [1.82, 2.24) is 0 Å². The summed E-state index contributed by atoms with van der Waals surface area (Å²) in [5.41, 5.74) is -2.02. The second-order valence-electron chi connectivity index (χ2n) is 7.58. The molecule has 3 heteroatoms. The van der Waals surface area contributed by atoms with E-state index in [0.29, 0.717) is 19.3 Å². The fourth-order valence-corrected chi connectivity index (χ4v) is 4.87. The van der Waals surface area contributed by atoms with Crippen molar-refractivity contribution >= 4 is 5.97 Å². The summed E-state index contributed by atoms with van der Waals surface area (Å²) in [4.78, 5) is 11.3. The zero-order valence-electron chi connectivity index (χ0n) is 16.2. The van der Waals surface area contributed by atoms with Crippen LogP contribution in [0, 0.1) is 22.7 Å². The zero-order valence-corrected chi connectivity index (χ0v) is 13.2. The topological polar surface area (TPSA) is 46.5 Å². The molecule has 0 aromatic rings. The average Bonchev–Trinajstić information content (AvgIpc) is 2.35. The second-order valence-corrected chi connectivity index (χ2v) is 7.58. The number of aliphatic hydroxyl groups is 1. The van der Waals surface area contributed by atoms with Gasteiger partial charge in [0, 0.05) is 17.0 Å². The first-order valence-corrected chi connectivity index (χ1v) is 7.70. The number of rotatable bonds is 2. The Balaban J connectivity index is 2.40. The quantitative estimate of drug-likeness (QED) is 0.789. The summed E-state index contributed by atoms with van der Waals surface area (Å²) >= 11 is 0. The van der Waals surface area contributed by atoms with E-state index in [1.807, 2.05) is 6.92 Å². The number of carbonyl (C=O) groups is 1. The van der Waals surface area contributed by atoms with Crippen molar-refractivity contribution in [3.63, 3.8) is 0 Å². The van der Waals surface area contributed by atoms with E-state index in [4.69, 9.17) is 8.85 Å². The zero-order chi connectivity index (χ0) is 17.7. The molecule has 2 saturated carbocycles. The summed E-state index contributed by atoms with van der Waals surface area (Å²) in [6.45, 7) is 5.27. The van der Waals surface area contributed by atoms with Crippen molar-refractivity contribution in [3.05, 3.63) is 0 Å². The predicted octanol–water partition coefficient (Wildman–Crippen LogP) is 3.54. The minimum absolute atomic E-state index is 0.00275. The number of esters is 1. The molecule has 0 saturated heterocycles. The number of carbonyl (C=O) groups excluding carboxylic acids is 1. The van der Waals surface area contributed by atoms with E-state index in [1.54, 1.807) is 6.92 Å². The van der Waals surface area contributed by atoms with Crippen LogP contribution in [-0.4, -0.2) is 23.3 Å². The molecule has 0 aromatic carbocycles. The molecule has 0 aliphatic heterocycles. The van der Waals surface area contributed by atoms with E-state index in [1.165, 1.54) is 6.92 Å². The predicted molar refractivity (Wildman–Crippen MR) is 79.2 cm³/mol. The van der Waals surface area contributed by atoms with Gasteiger partial charge in [-0.2, -0.15) is 0 Å². The van der Waals surface area contributed by atoms with Gasteiger partial charge in [0.25, 0.3) is 0 Å². The lowest BCUT2D eigenvalue weighted by atomic mass is 9.46. The van der Waals surface area contributed by atoms with Crippen molar-refractivity contribution in [2.75, 3.05) is 6.61 Å². The molecule has 116 valence electrons. The molecule has 0 amide bonds. The smallest absolute Gasteiger partial charge is 0.302 e. The summed E-state index contributed by atoms with van der Waals surface area (Å²) in [5, 5.41) is 10.9. The van der Waals surface area contributed by atoms with E-state index in [2.05, 4.69) is 6.92 Å². The minimum atomic E-state index is -2.02. The Morgan fingerprint density at radius 3 is 2.65 bits per heavy atom. The van der Waals surface area contributed by atoms with Crippen molar-refractivity contribution in [1.29, 1.82) is 0 Å². The Morgan fingerprint density at radius 2 is 2.05 bits per heavy atom. The number of hydrogen-bond donors (Lipinski definition) is 1. The Bertz CT molecular complexity index is 474. The number of ether oxygens (including phenoxy) is 1. The molecular formula is C17H30O3. The normalized spacial score (nSPS) is 51.4. The molecule has 0 heterocycles. The highest BCUT2D eigenvalue weighted by Gasteiger charge is 2.58. The monoisotopic (exact) mass is 285 g/mol. The van der Waals surface area contributed by atoms with Crippen LogP contribution in [0.4, 0.5) is 0 Å². The number of fused-ring (bicyclic) bond motifs is 1. The highest BCUT2D eigenvalue weighted by Crippen LogP contribution is 2.61. The Kier molecular flexibility index (Phi) is 3.01. The van der Waals surface area contributed by atoms with Gasteiger partial charge in [-0.25, -0.2) is 0 Å². The molecule has 0 aromatic heterocycles. The van der Waals surface area contributed by atoms with Crippen molar-refractivity contribution < 1.29 is 18.8 Å². The third-order valence-electron chi connectivity index (χ3n) is 5.92. The molecule has 0 spiro atoms. The first-order chi connectivity index (χ1) is 10.3. The fraction of sp³-hybridized carbons (Fsp3) is 0.941. The minimum Gasteiger partial charge on any atom is -0.465 e. The summed E-state index contributed by atoms with van der Waals surface area (Å²) < 4.78 is 29.4. The molecule has 2 rings (SSSR count). The van der Waals surface area contributed by atoms with Crippen LogP contribution >= 0.6 is 0 Å². The van der Waals surface area contributed by atoms with Crippen LogP contribution in [0.5, 0.6) is 0 Å². The standard InChI is InChI=1S/C17H30O3/c1-12(18)20-11-14-16(4)9-6-8-15(2,3)13(16)7-10-17(14,5)19/h13-14,19H,6-11H2,1-5H3/t13-,14+,16-,17+/m0/s1/i2D3/t13-,14+,15-,16-,17+. The van der Waals surface area contributed by atoms with Crippen LogP contribution in [0.3, 0.4) is 0 Å². The van der Waals surface area contributed by atoms with Gasteiger partial charge in [0.05, 0.1) is 12.2 Å². The van der Waals surface area contributed by atoms with Gasteiger partial charge in [0.2, 0.25) is 0 Å². The van der Waals surface area contributed by atoms with Crippen LogP contribution in [0.2, 0.25) is 0 Å². The summed E-state index contributed by atoms with van der Waals surface area (Å²) in [6, 6.07) is 0. The van der Waals surface area contributed by atoms with E-state index >= 15 is 0 Å². The molecule has 0 bridgehead atoms. The molecule has 2 aliphatic rings. The van der Waals surface area contributed by atoms with E-state index in [0.717, 1.165) is 12.8 Å². The van der Waals surface area contributed by atoms with Gasteiger partial charge in [0.1, 0.15) is 0 Å². The van der Waals surface area contributed by atoms with Crippen molar-refractivity contribution in [2.45, 2.75) is 72.3 Å². The highest BCUT2D eigenvalue weighted by molar-refractivity contribution is 5.65. The van der Waals surface area contributed by atoms with Crippen LogP contribution in [0.1, 0.15) is 70.8 Å². The maximum absolute atomic E-state index is 11.3. The Morgan fingerprint density at radius 1 is 1.35 bits per heavy atom. The van der Waals surface area contributed by atoms with E-state index < -0.39 is 17.9 Å². The number of hydrogen-bond acceptors (Lipinski definition) is 3. The molecule has 1 N–H and O–H groups in total. The largest absolute Gasteiger partial charge is 0.465 e. The second kappa shape index (κ2) is 5.01. The van der Waals surface area contributed by atoms with Gasteiger partial charge in [0.15, 0.2) is 0 Å². The van der Waals surface area contributed by atoms with Crippen LogP contribution < -0.4 is 0 Å². The van der Waals surface area contributed by atoms with Gasteiger partial charge >= 0.3 is 5.97 Å². The first-order valence-electron chi connectivity index (χ1n) is 9.20. The van der Waals surface area contributed by atoms with Crippen molar-refractivity contribution in [2.24, 2.45) is 22.7 Å². The first kappa shape index (κ1) is 12.0. The average molecular weight is 285 g/mol. The molecule has 0 unspecified atom stereocenters. The van der Waals surface area contributed by atoms with Crippen LogP contribution in [-0.2, 0) is 9.53 Å². The van der Waals surface area contributed by atoms with Crippen LogP contribution in [0.25, 0.3) is 0 Å². The lowest BCUT2D eigenvalue weighted by Crippen LogP contribution is -2.59. The van der Waals surface area contributed by atoms with Crippen LogP contribution in [0.15, 0.2) is 0 Å². The van der Waals surface area contributed by atoms with Gasteiger partial charge in [-0.3, -0.25) is 4.79 Å². The van der Waals surface area contributed by atoms with Gasteiger partial charge < -0.3 is 9.84 Å². The molecule has 2 fully saturated rings. The summed E-state index contributed by atoms with van der Waals surface area (Å²) in [6.07, 6.45) is 3.63. The lowest BCUT2D eigenvalue weighted by Gasteiger charge is -2.60. The fourth-order valence-electron chi connectivity index (χ4n) is 4.87. The third-order valence-corrected chi connectivity index (χ3v) is 5.92. The lowest BCUT2D eigenvalue weighted by molar-refractivity contribution is -0.188. The summed E-state index contributed by atoms with van der Waals surface area (Å²) in [7, 11) is 0. The highest BCUT2D eigenvalue weighted by atomic mass is 16.5. The van der Waals surface area contributed by atoms with Crippen molar-refractivity contribution in [3.8, 4) is 0 Å². The maximum Gasteiger partial charge on any atom is 0.302 e. The molecular weight excluding hydrogens is 252 g/mol. The molecule has 20 heavy (non-hydrogen) atoms. The third kappa shape index (κ3) is 2.61. The molecule has 5 atom stereocenters. The Labute approximate surface area is 127 Å². The van der Waals surface area contributed by atoms with E-state index in [-0.39, 0.29) is 29.8 Å². The molecule has 2 aliphatic carbocycles. The SMILES string of the molecule is [2H]C([2H])([2H])[C@]1(C)CCC[C@]2(C)[C@@H](COC(C)=O)[C@](C)(O)CC[C@H]21. The maximum atomic E-state index is 11.3. The Hall–Kier alpha value is -0.570. The van der Waals surface area contributed by atoms with E-state index in [9.17, 15) is 9.90 Å².